The van der Waals surface area contributed by atoms with Crippen LogP contribution in [0, 0.1) is 5.92 Å². The van der Waals surface area contributed by atoms with Crippen LogP contribution in [0.3, 0.4) is 0 Å². The summed E-state index contributed by atoms with van der Waals surface area (Å²) in [6, 6.07) is 0. The van der Waals surface area contributed by atoms with Crippen molar-refractivity contribution < 1.29 is 14.3 Å². The number of ether oxygens (including phenoxy) is 2. The van der Waals surface area contributed by atoms with Crippen LogP contribution in [-0.2, 0) is 14.3 Å². The Morgan fingerprint density at radius 2 is 1.88 bits per heavy atom. The van der Waals surface area contributed by atoms with E-state index in [-0.39, 0.29) is 18.2 Å². The summed E-state index contributed by atoms with van der Waals surface area (Å²) in [4.78, 5) is 11.8. The van der Waals surface area contributed by atoms with Crippen LogP contribution in [0.4, 0.5) is 0 Å². The Morgan fingerprint density at radius 1 is 1.12 bits per heavy atom. The molecule has 0 radical (unpaired) electrons. The quantitative estimate of drug-likeness (QED) is 0.588. The lowest BCUT2D eigenvalue weighted by molar-refractivity contribution is -0.155. The lowest BCUT2D eigenvalue weighted by atomic mass is 10.1. The molecule has 86 valence electrons. The average molecular weight is 220 g/mol. The summed E-state index contributed by atoms with van der Waals surface area (Å²) in [5.74, 6) is 0.0419. The van der Waals surface area contributed by atoms with Gasteiger partial charge in [0.1, 0.15) is 17.8 Å². The third-order valence-corrected chi connectivity index (χ3v) is 2.67. The minimum Gasteiger partial charge on any atom is -0.494 e. The summed E-state index contributed by atoms with van der Waals surface area (Å²) in [6.07, 6.45) is 9.93. The molecule has 0 saturated carbocycles. The molecule has 0 bridgehead atoms. The van der Waals surface area contributed by atoms with Gasteiger partial charge in [-0.2, -0.15) is 0 Å². The van der Waals surface area contributed by atoms with Crippen LogP contribution in [0.25, 0.3) is 0 Å². The first-order chi connectivity index (χ1) is 7.66. The minimum atomic E-state index is -0.403. The Bertz CT molecular complexity index is 365. The number of hydrogen-bond donors (Lipinski definition) is 0. The fourth-order valence-corrected chi connectivity index (χ4v) is 1.96. The van der Waals surface area contributed by atoms with Crippen LogP contribution in [0.1, 0.15) is 20.3 Å². The van der Waals surface area contributed by atoms with Gasteiger partial charge in [0.2, 0.25) is 0 Å². The van der Waals surface area contributed by atoms with Gasteiger partial charge >= 0.3 is 5.97 Å². The second-order valence-electron chi connectivity index (χ2n) is 4.23. The van der Waals surface area contributed by atoms with Crippen LogP contribution < -0.4 is 0 Å². The number of carbonyl (C=O) groups excluding carboxylic acids is 1. The van der Waals surface area contributed by atoms with E-state index in [2.05, 4.69) is 0 Å². The Labute approximate surface area is 95.4 Å². The van der Waals surface area contributed by atoms with Gasteiger partial charge in [-0.25, -0.2) is 0 Å². The van der Waals surface area contributed by atoms with Gasteiger partial charge in [0, 0.05) is 6.42 Å². The minimum absolute atomic E-state index is 0.0664. The van der Waals surface area contributed by atoms with Crippen LogP contribution in [0.2, 0.25) is 0 Å². The first-order valence-corrected chi connectivity index (χ1v) is 5.59. The van der Waals surface area contributed by atoms with Crippen molar-refractivity contribution in [1.29, 1.82) is 0 Å². The second-order valence-corrected chi connectivity index (χ2v) is 4.23. The van der Waals surface area contributed by atoms with Gasteiger partial charge in [-0.1, -0.05) is 24.3 Å². The van der Waals surface area contributed by atoms with Gasteiger partial charge in [0.25, 0.3) is 0 Å². The summed E-state index contributed by atoms with van der Waals surface area (Å²) < 4.78 is 11.1. The van der Waals surface area contributed by atoms with Crippen molar-refractivity contribution in [3.8, 4) is 0 Å². The van der Waals surface area contributed by atoms with Crippen molar-refractivity contribution in [2.75, 3.05) is 0 Å². The molecule has 0 unspecified atom stereocenters. The summed E-state index contributed by atoms with van der Waals surface area (Å²) in [7, 11) is 0. The fraction of sp³-hybridized carbons (Fsp3) is 0.462. The first-order valence-electron chi connectivity index (χ1n) is 5.59. The topological polar surface area (TPSA) is 35.5 Å². The lowest BCUT2D eigenvalue weighted by Gasteiger charge is -2.27. The standard InChI is InChI=1S/C13H16O3/c1-9-8-10(2)16-13(14)11-6-4-3-5-7-12(11)15-9/h3-7,9-11H,8H2,1-2H3/t9-,10-,11-/m0/s1. The number of rotatable bonds is 0. The summed E-state index contributed by atoms with van der Waals surface area (Å²) >= 11 is 0. The van der Waals surface area contributed by atoms with E-state index in [1.165, 1.54) is 0 Å². The number of cyclic esters (lactones) is 1. The second kappa shape index (κ2) is 4.56. The molecule has 0 N–H and O–H groups in total. The van der Waals surface area contributed by atoms with Crippen molar-refractivity contribution >= 4 is 5.97 Å². The largest absolute Gasteiger partial charge is 0.494 e. The van der Waals surface area contributed by atoms with E-state index in [9.17, 15) is 4.79 Å². The molecule has 0 amide bonds. The van der Waals surface area contributed by atoms with E-state index in [0.717, 1.165) is 6.42 Å². The Balaban J connectivity index is 2.27. The van der Waals surface area contributed by atoms with Crippen molar-refractivity contribution in [1.82, 2.24) is 0 Å². The monoisotopic (exact) mass is 220 g/mol. The molecule has 0 aromatic rings. The van der Waals surface area contributed by atoms with Crippen LogP contribution >= 0.6 is 0 Å². The van der Waals surface area contributed by atoms with E-state index in [1.54, 1.807) is 0 Å². The van der Waals surface area contributed by atoms with Gasteiger partial charge in [0.15, 0.2) is 0 Å². The highest BCUT2D eigenvalue weighted by atomic mass is 16.6. The zero-order valence-electron chi connectivity index (χ0n) is 9.55. The molecule has 0 aromatic carbocycles. The fourth-order valence-electron chi connectivity index (χ4n) is 1.96. The highest BCUT2D eigenvalue weighted by molar-refractivity contribution is 5.78. The summed E-state index contributed by atoms with van der Waals surface area (Å²) in [5, 5.41) is 0. The molecular weight excluding hydrogens is 204 g/mol. The number of fused-ring (bicyclic) bond motifs is 1. The van der Waals surface area contributed by atoms with Crippen molar-refractivity contribution in [2.24, 2.45) is 5.92 Å². The maximum absolute atomic E-state index is 11.8. The normalized spacial score (nSPS) is 33.8. The molecule has 2 rings (SSSR count). The molecule has 16 heavy (non-hydrogen) atoms. The van der Waals surface area contributed by atoms with Crippen LogP contribution in [0.5, 0.6) is 0 Å². The number of carbonyl (C=O) groups is 1. The van der Waals surface area contributed by atoms with E-state index in [1.807, 2.05) is 44.2 Å². The van der Waals surface area contributed by atoms with E-state index < -0.39 is 5.92 Å². The molecule has 0 spiro atoms. The highest BCUT2D eigenvalue weighted by Gasteiger charge is 2.29. The smallest absolute Gasteiger partial charge is 0.320 e. The first kappa shape index (κ1) is 11.0. The highest BCUT2D eigenvalue weighted by Crippen LogP contribution is 2.25. The third kappa shape index (κ3) is 2.35. The Hall–Kier alpha value is -1.51. The van der Waals surface area contributed by atoms with Gasteiger partial charge in [-0.3, -0.25) is 4.79 Å². The molecule has 1 saturated heterocycles. The van der Waals surface area contributed by atoms with Crippen molar-refractivity contribution in [3.63, 3.8) is 0 Å². The maximum Gasteiger partial charge on any atom is 0.320 e. The molecule has 1 aliphatic carbocycles. The molecule has 2 aliphatic rings. The molecule has 3 nitrogen and oxygen atoms in total. The average Bonchev–Trinajstić information content (AvgIpc) is 2.40. The number of hydrogen-bond acceptors (Lipinski definition) is 3. The van der Waals surface area contributed by atoms with Crippen LogP contribution in [0.15, 0.2) is 36.1 Å². The van der Waals surface area contributed by atoms with E-state index in [4.69, 9.17) is 9.47 Å². The van der Waals surface area contributed by atoms with E-state index >= 15 is 0 Å². The van der Waals surface area contributed by atoms with E-state index in [0.29, 0.717) is 5.76 Å². The predicted octanol–water partition coefficient (Wildman–Crippen LogP) is 2.35. The SMILES string of the molecule is C[C@H]1C[C@H](C)OC2=CC=CC=C[C@@H]2C(=O)O1. The maximum atomic E-state index is 11.8. The number of allylic oxidation sites excluding steroid dienone is 4. The Kier molecular flexibility index (Phi) is 3.13. The Morgan fingerprint density at radius 3 is 2.69 bits per heavy atom. The van der Waals surface area contributed by atoms with Gasteiger partial charge in [-0.15, -0.1) is 0 Å². The van der Waals surface area contributed by atoms with Crippen molar-refractivity contribution in [2.45, 2.75) is 32.5 Å². The summed E-state index contributed by atoms with van der Waals surface area (Å²) in [6.45, 7) is 3.89. The molecule has 0 aromatic heterocycles. The molecular formula is C13H16O3. The zero-order chi connectivity index (χ0) is 11.5. The van der Waals surface area contributed by atoms with Crippen LogP contribution in [-0.4, -0.2) is 18.2 Å². The molecule has 3 atom stereocenters. The van der Waals surface area contributed by atoms with Gasteiger partial charge in [0.05, 0.1) is 6.10 Å². The molecule has 1 fully saturated rings. The van der Waals surface area contributed by atoms with Gasteiger partial charge < -0.3 is 9.47 Å². The summed E-state index contributed by atoms with van der Waals surface area (Å²) in [5.41, 5.74) is 0. The molecule has 1 heterocycles. The van der Waals surface area contributed by atoms with Crippen molar-refractivity contribution in [3.05, 3.63) is 36.1 Å². The lowest BCUT2D eigenvalue weighted by Crippen LogP contribution is -2.31. The number of esters is 1. The molecule has 3 heteroatoms. The zero-order valence-corrected chi connectivity index (χ0v) is 9.55. The van der Waals surface area contributed by atoms with Gasteiger partial charge in [-0.05, 0) is 19.9 Å². The predicted molar refractivity (Wildman–Crippen MR) is 60.6 cm³/mol. The molecule has 1 aliphatic heterocycles. The third-order valence-electron chi connectivity index (χ3n) is 2.67.